The molecule has 15 heavy (non-hydrogen) atoms. The Bertz CT molecular complexity index is 213. The molecule has 0 atom stereocenters. The zero-order valence-corrected chi connectivity index (χ0v) is 10.2. The van der Waals surface area contributed by atoms with Gasteiger partial charge < -0.3 is 10.2 Å². The fourth-order valence-corrected chi connectivity index (χ4v) is 2.26. The highest BCUT2D eigenvalue weighted by molar-refractivity contribution is 5.85. The molecule has 0 unspecified atom stereocenters. The van der Waals surface area contributed by atoms with Gasteiger partial charge in [0.15, 0.2) is 0 Å². The molecular formula is C11H21ClN2O. The van der Waals surface area contributed by atoms with Crippen molar-refractivity contribution in [3.63, 3.8) is 0 Å². The van der Waals surface area contributed by atoms with Crippen LogP contribution in [0.2, 0.25) is 0 Å². The largest absolute Gasteiger partial charge is 0.340 e. The summed E-state index contributed by atoms with van der Waals surface area (Å²) in [6.45, 7) is 4.96. The van der Waals surface area contributed by atoms with Gasteiger partial charge in [0.1, 0.15) is 0 Å². The van der Waals surface area contributed by atoms with E-state index in [-0.39, 0.29) is 18.3 Å². The van der Waals surface area contributed by atoms with Crippen molar-refractivity contribution in [1.29, 1.82) is 0 Å². The van der Waals surface area contributed by atoms with Gasteiger partial charge in [-0.05, 0) is 44.7 Å². The van der Waals surface area contributed by atoms with Crippen molar-refractivity contribution in [3.8, 4) is 0 Å². The summed E-state index contributed by atoms with van der Waals surface area (Å²) in [5, 5.41) is 3.36. The maximum atomic E-state index is 11.4. The van der Waals surface area contributed by atoms with Crippen LogP contribution in [0, 0.1) is 5.92 Å². The lowest BCUT2D eigenvalue weighted by atomic mass is 9.97. The molecule has 88 valence electrons. The second kappa shape index (κ2) is 5.71. The zero-order valence-electron chi connectivity index (χ0n) is 9.37. The number of carbonyl (C=O) groups excluding carboxylic acids is 1. The average Bonchev–Trinajstić information content (AvgIpc) is 2.99. The third-order valence-electron chi connectivity index (χ3n) is 3.31. The summed E-state index contributed by atoms with van der Waals surface area (Å²) < 4.78 is 0. The highest BCUT2D eigenvalue weighted by Gasteiger charge is 2.32. The number of carbonyl (C=O) groups is 1. The van der Waals surface area contributed by atoms with Crippen LogP contribution in [0.4, 0.5) is 0 Å². The van der Waals surface area contributed by atoms with E-state index >= 15 is 0 Å². The summed E-state index contributed by atoms with van der Waals surface area (Å²) in [5.74, 6) is 1.01. The Balaban J connectivity index is 0.00000112. The van der Waals surface area contributed by atoms with E-state index < -0.39 is 0 Å². The minimum absolute atomic E-state index is 0. The van der Waals surface area contributed by atoms with E-state index in [1.165, 1.54) is 25.7 Å². The first kappa shape index (κ1) is 12.8. The zero-order chi connectivity index (χ0) is 9.97. The predicted octanol–water partition coefficient (Wildman–Crippen LogP) is 1.42. The molecule has 0 bridgehead atoms. The highest BCUT2D eigenvalue weighted by atomic mass is 35.5. The molecule has 0 spiro atoms. The molecule has 1 heterocycles. The number of nitrogens with zero attached hydrogens (tertiary/aromatic N) is 1. The summed E-state index contributed by atoms with van der Waals surface area (Å²) in [6.07, 6.45) is 4.92. The second-order valence-electron chi connectivity index (χ2n) is 4.60. The summed E-state index contributed by atoms with van der Waals surface area (Å²) >= 11 is 0. The van der Waals surface area contributed by atoms with Crippen molar-refractivity contribution in [2.45, 2.75) is 38.6 Å². The molecule has 0 aromatic carbocycles. The smallest absolute Gasteiger partial charge is 0.219 e. The Morgan fingerprint density at radius 2 is 1.87 bits per heavy atom. The van der Waals surface area contributed by atoms with Crippen molar-refractivity contribution >= 4 is 18.3 Å². The first-order chi connectivity index (χ1) is 6.77. The SMILES string of the molecule is CC(=O)N(CC1CCNCC1)C1CC1.Cl. The van der Waals surface area contributed by atoms with Gasteiger partial charge in [0, 0.05) is 19.5 Å². The van der Waals surface area contributed by atoms with Crippen molar-refractivity contribution in [3.05, 3.63) is 0 Å². The monoisotopic (exact) mass is 232 g/mol. The first-order valence-electron chi connectivity index (χ1n) is 5.75. The van der Waals surface area contributed by atoms with Crippen LogP contribution in [-0.4, -0.2) is 36.5 Å². The van der Waals surface area contributed by atoms with Gasteiger partial charge in [0.2, 0.25) is 5.91 Å². The maximum Gasteiger partial charge on any atom is 0.219 e. The molecule has 2 aliphatic rings. The summed E-state index contributed by atoms with van der Waals surface area (Å²) in [5.41, 5.74) is 0. The Labute approximate surface area is 98.0 Å². The lowest BCUT2D eigenvalue weighted by Gasteiger charge is -2.29. The Morgan fingerprint density at radius 3 is 2.33 bits per heavy atom. The third kappa shape index (κ3) is 3.65. The van der Waals surface area contributed by atoms with Gasteiger partial charge in [-0.25, -0.2) is 0 Å². The van der Waals surface area contributed by atoms with E-state index in [0.717, 1.165) is 25.6 Å². The molecule has 1 saturated carbocycles. The number of nitrogens with one attached hydrogen (secondary N) is 1. The predicted molar refractivity (Wildman–Crippen MR) is 63.3 cm³/mol. The molecular weight excluding hydrogens is 212 g/mol. The maximum absolute atomic E-state index is 11.4. The van der Waals surface area contributed by atoms with Crippen molar-refractivity contribution < 1.29 is 4.79 Å². The molecule has 0 aromatic rings. The minimum atomic E-state index is 0. The second-order valence-corrected chi connectivity index (χ2v) is 4.60. The standard InChI is InChI=1S/C11H20N2O.ClH/c1-9(14)13(11-2-3-11)8-10-4-6-12-7-5-10;/h10-12H,2-8H2,1H3;1H. The van der Waals surface area contributed by atoms with Gasteiger partial charge >= 0.3 is 0 Å². The van der Waals surface area contributed by atoms with E-state index in [2.05, 4.69) is 10.2 Å². The molecule has 0 aromatic heterocycles. The Hall–Kier alpha value is -0.280. The van der Waals surface area contributed by atoms with Gasteiger partial charge in [0.25, 0.3) is 0 Å². The Kier molecular flexibility index (Phi) is 4.87. The molecule has 1 aliphatic heterocycles. The molecule has 1 saturated heterocycles. The first-order valence-corrected chi connectivity index (χ1v) is 5.75. The van der Waals surface area contributed by atoms with Crippen LogP contribution in [0.1, 0.15) is 32.6 Å². The lowest BCUT2D eigenvalue weighted by Crippen LogP contribution is -2.39. The fraction of sp³-hybridized carbons (Fsp3) is 0.909. The number of piperidine rings is 1. The van der Waals surface area contributed by atoms with Crippen LogP contribution in [-0.2, 0) is 4.79 Å². The molecule has 1 N–H and O–H groups in total. The Morgan fingerprint density at radius 1 is 1.27 bits per heavy atom. The molecule has 2 rings (SSSR count). The minimum Gasteiger partial charge on any atom is -0.340 e. The summed E-state index contributed by atoms with van der Waals surface area (Å²) in [6, 6.07) is 0.586. The van der Waals surface area contributed by atoms with Crippen LogP contribution >= 0.6 is 12.4 Å². The number of hydrogen-bond acceptors (Lipinski definition) is 2. The lowest BCUT2D eigenvalue weighted by molar-refractivity contribution is -0.130. The van der Waals surface area contributed by atoms with Crippen molar-refractivity contribution in [2.75, 3.05) is 19.6 Å². The van der Waals surface area contributed by atoms with Crippen LogP contribution < -0.4 is 5.32 Å². The van der Waals surface area contributed by atoms with Crippen LogP contribution in [0.3, 0.4) is 0 Å². The topological polar surface area (TPSA) is 32.3 Å². The highest BCUT2D eigenvalue weighted by Crippen LogP contribution is 2.28. The average molecular weight is 233 g/mol. The molecule has 2 fully saturated rings. The van der Waals surface area contributed by atoms with Gasteiger partial charge in [-0.2, -0.15) is 0 Å². The number of amides is 1. The van der Waals surface area contributed by atoms with E-state index in [0.29, 0.717) is 6.04 Å². The fourth-order valence-electron chi connectivity index (χ4n) is 2.26. The van der Waals surface area contributed by atoms with E-state index in [9.17, 15) is 4.79 Å². The van der Waals surface area contributed by atoms with E-state index in [1.54, 1.807) is 6.92 Å². The quantitative estimate of drug-likeness (QED) is 0.798. The van der Waals surface area contributed by atoms with Gasteiger partial charge in [0.05, 0.1) is 0 Å². The number of rotatable bonds is 3. The van der Waals surface area contributed by atoms with Gasteiger partial charge in [-0.15, -0.1) is 12.4 Å². The summed E-state index contributed by atoms with van der Waals surface area (Å²) in [7, 11) is 0. The third-order valence-corrected chi connectivity index (χ3v) is 3.31. The number of halogens is 1. The van der Waals surface area contributed by atoms with E-state index in [4.69, 9.17) is 0 Å². The molecule has 1 aliphatic carbocycles. The van der Waals surface area contributed by atoms with Gasteiger partial charge in [-0.1, -0.05) is 0 Å². The van der Waals surface area contributed by atoms with Crippen LogP contribution in [0.5, 0.6) is 0 Å². The van der Waals surface area contributed by atoms with Crippen molar-refractivity contribution in [1.82, 2.24) is 10.2 Å². The molecule has 4 heteroatoms. The molecule has 3 nitrogen and oxygen atoms in total. The number of hydrogen-bond donors (Lipinski definition) is 1. The normalized spacial score (nSPS) is 21.9. The van der Waals surface area contributed by atoms with Crippen molar-refractivity contribution in [2.24, 2.45) is 5.92 Å². The van der Waals surface area contributed by atoms with Crippen LogP contribution in [0.15, 0.2) is 0 Å². The van der Waals surface area contributed by atoms with Gasteiger partial charge in [-0.3, -0.25) is 4.79 Å². The van der Waals surface area contributed by atoms with Crippen LogP contribution in [0.25, 0.3) is 0 Å². The molecule has 0 radical (unpaired) electrons. The summed E-state index contributed by atoms with van der Waals surface area (Å²) in [4.78, 5) is 13.5. The van der Waals surface area contributed by atoms with E-state index in [1.807, 2.05) is 0 Å². The molecule has 1 amide bonds.